The first-order valence-corrected chi connectivity index (χ1v) is 14.7. The van der Waals surface area contributed by atoms with Crippen LogP contribution in [0.25, 0.3) is 11.1 Å². The van der Waals surface area contributed by atoms with Crippen molar-refractivity contribution in [3.8, 4) is 11.1 Å². The van der Waals surface area contributed by atoms with E-state index in [1.54, 1.807) is 30.4 Å². The van der Waals surface area contributed by atoms with E-state index < -0.39 is 23.2 Å². The summed E-state index contributed by atoms with van der Waals surface area (Å²) < 4.78 is 2.64. The summed E-state index contributed by atoms with van der Waals surface area (Å²) in [4.78, 5) is 0. The van der Waals surface area contributed by atoms with Crippen molar-refractivity contribution in [2.24, 2.45) is 29.1 Å². The van der Waals surface area contributed by atoms with Gasteiger partial charge in [0.1, 0.15) is 0 Å². The maximum absolute atomic E-state index is 2.63. The van der Waals surface area contributed by atoms with Gasteiger partial charge in [-0.25, -0.2) is 0 Å². The zero-order chi connectivity index (χ0) is 19.9. The molecule has 0 aromatic heterocycles. The molecule has 150 valence electrons. The first-order chi connectivity index (χ1) is 14.7. The molecule has 0 aliphatic heterocycles. The molecule has 0 saturated heterocycles. The predicted octanol–water partition coefficient (Wildman–Crippen LogP) is 7.52. The van der Waals surface area contributed by atoms with Crippen LogP contribution in [0.5, 0.6) is 0 Å². The summed E-state index contributed by atoms with van der Waals surface area (Å²) in [7, 11) is 0. The number of allylic oxidation sites excluding steroid dienone is 4. The van der Waals surface area contributed by atoms with Gasteiger partial charge < -0.3 is 0 Å². The van der Waals surface area contributed by atoms with Crippen LogP contribution in [0.1, 0.15) is 60.2 Å². The number of rotatable bonds is 3. The second kappa shape index (κ2) is 6.65. The van der Waals surface area contributed by atoms with Crippen LogP contribution in [0.3, 0.4) is 0 Å². The molecule has 6 aliphatic rings. The predicted molar refractivity (Wildman–Crippen MR) is 120 cm³/mol. The van der Waals surface area contributed by atoms with Gasteiger partial charge in [-0.15, -0.1) is 0 Å². The topological polar surface area (TPSA) is 0 Å². The van der Waals surface area contributed by atoms with Crippen molar-refractivity contribution in [3.63, 3.8) is 0 Å². The average molecular weight is 470 g/mol. The average Bonchev–Trinajstić information content (AvgIpc) is 3.27. The molecule has 30 heavy (non-hydrogen) atoms. The Bertz CT molecular complexity index is 1010. The first kappa shape index (κ1) is 18.4. The van der Waals surface area contributed by atoms with Gasteiger partial charge in [-0.3, -0.25) is 0 Å². The van der Waals surface area contributed by atoms with Crippen LogP contribution in [-0.4, -0.2) is 0 Å². The summed E-state index contributed by atoms with van der Waals surface area (Å²) in [6.07, 6.45) is 14.3. The second-order valence-electron chi connectivity index (χ2n) is 10.9. The van der Waals surface area contributed by atoms with Crippen LogP contribution >= 0.6 is 0 Å². The van der Waals surface area contributed by atoms with E-state index in [9.17, 15) is 0 Å². The van der Waals surface area contributed by atoms with Gasteiger partial charge in [0.25, 0.3) is 0 Å². The van der Waals surface area contributed by atoms with Crippen molar-refractivity contribution in [1.29, 1.82) is 0 Å². The van der Waals surface area contributed by atoms with Crippen molar-refractivity contribution in [2.45, 2.75) is 49.1 Å². The van der Waals surface area contributed by atoms with Gasteiger partial charge in [0, 0.05) is 0 Å². The molecule has 4 saturated carbocycles. The quantitative estimate of drug-likeness (QED) is 0.436. The number of hydrogen-bond acceptors (Lipinski definition) is 0. The van der Waals surface area contributed by atoms with Crippen LogP contribution < -0.4 is 0 Å². The molecule has 2 aromatic rings. The van der Waals surface area contributed by atoms with Crippen molar-refractivity contribution in [1.82, 2.24) is 0 Å². The zero-order valence-corrected chi connectivity index (χ0v) is 20.4. The van der Waals surface area contributed by atoms with E-state index in [0.717, 1.165) is 17.8 Å². The van der Waals surface area contributed by atoms with E-state index in [1.165, 1.54) is 30.4 Å². The van der Waals surface area contributed by atoms with Gasteiger partial charge in [-0.2, -0.15) is 0 Å². The van der Waals surface area contributed by atoms with Crippen LogP contribution in [-0.2, 0) is 23.2 Å². The third-order valence-corrected chi connectivity index (χ3v) is 13.8. The molecule has 1 unspecified atom stereocenters. The summed E-state index contributed by atoms with van der Waals surface area (Å²) >= 11 is -0.781. The Hall–Kier alpha value is -1.20. The minimum atomic E-state index is -0.781. The van der Waals surface area contributed by atoms with Gasteiger partial charge in [0.2, 0.25) is 0 Å². The Kier molecular flexibility index (Phi) is 4.07. The maximum atomic E-state index is 2.63. The molecule has 0 spiro atoms. The Morgan fingerprint density at radius 3 is 1.87 bits per heavy atom. The molecule has 1 atom stereocenters. The van der Waals surface area contributed by atoms with Crippen LogP contribution in [0, 0.1) is 29.1 Å². The summed E-state index contributed by atoms with van der Waals surface area (Å²) in [5.74, 6) is 3.78. The molecule has 4 bridgehead atoms. The molecular formula is C29H30Zr. The third kappa shape index (κ3) is 2.60. The fourth-order valence-corrected chi connectivity index (χ4v) is 13.1. The molecule has 1 heteroatoms. The molecule has 2 aromatic carbocycles. The SMILES string of the molecule is CC1C=CC(C23CC4CC(CC(C4)C2)C3)=[C]1[Zr][CH]1c2ccccc2-c2ccccc21. The fourth-order valence-electron chi connectivity index (χ4n) is 8.25. The number of benzene rings is 2. The van der Waals surface area contributed by atoms with Gasteiger partial charge >= 0.3 is 193 Å². The van der Waals surface area contributed by atoms with E-state index >= 15 is 0 Å². The molecular weight excluding hydrogens is 440 g/mol. The van der Waals surface area contributed by atoms with Crippen LogP contribution in [0.2, 0.25) is 0 Å². The summed E-state index contributed by atoms with van der Waals surface area (Å²) in [6, 6.07) is 18.6. The Morgan fingerprint density at radius 2 is 1.30 bits per heavy atom. The molecule has 0 N–H and O–H groups in total. The van der Waals surface area contributed by atoms with Gasteiger partial charge in [0.05, 0.1) is 0 Å². The van der Waals surface area contributed by atoms with Gasteiger partial charge in [0.15, 0.2) is 0 Å². The molecule has 4 fully saturated rings. The fraction of sp³-hybridized carbons (Fsp3) is 0.448. The molecule has 0 amide bonds. The van der Waals surface area contributed by atoms with Gasteiger partial charge in [-0.1, -0.05) is 0 Å². The standard InChI is InChI=1S/C16H21.C13H9.Zr/c1-11-2-3-15(4-11)16-8-12-5-13(9-16)7-14(6-12)10-16;1-3-7-12-10(5-1)9-11-6-2-4-8-13(11)12;/h2-3,11-14H,5-10H2,1H3;1-9H;. The molecule has 0 nitrogen and oxygen atoms in total. The summed E-state index contributed by atoms with van der Waals surface area (Å²) in [5.41, 5.74) is 8.69. The van der Waals surface area contributed by atoms with E-state index in [0.29, 0.717) is 15.0 Å². The second-order valence-corrected chi connectivity index (χ2v) is 14.4. The molecule has 0 radical (unpaired) electrons. The van der Waals surface area contributed by atoms with E-state index in [1.807, 2.05) is 8.85 Å². The van der Waals surface area contributed by atoms with Crippen molar-refractivity contribution >= 4 is 0 Å². The normalized spacial score (nSPS) is 35.8. The van der Waals surface area contributed by atoms with Gasteiger partial charge in [-0.05, 0) is 0 Å². The van der Waals surface area contributed by atoms with E-state index in [2.05, 4.69) is 67.6 Å². The zero-order valence-electron chi connectivity index (χ0n) is 17.9. The monoisotopic (exact) mass is 468 g/mol. The summed E-state index contributed by atoms with van der Waals surface area (Å²) in [6.45, 7) is 2.49. The van der Waals surface area contributed by atoms with Crippen molar-refractivity contribution in [3.05, 3.63) is 80.7 Å². The van der Waals surface area contributed by atoms with Crippen LogP contribution in [0.15, 0.2) is 69.5 Å². The third-order valence-electron chi connectivity index (χ3n) is 9.04. The Labute approximate surface area is 192 Å². The van der Waals surface area contributed by atoms with Crippen molar-refractivity contribution < 1.29 is 23.2 Å². The first-order valence-electron chi connectivity index (χ1n) is 12.1. The number of fused-ring (bicyclic) bond motifs is 3. The number of hydrogen-bond donors (Lipinski definition) is 0. The Morgan fingerprint density at radius 1 is 0.767 bits per heavy atom. The van der Waals surface area contributed by atoms with E-state index in [-0.39, 0.29) is 0 Å². The van der Waals surface area contributed by atoms with Crippen LogP contribution in [0.4, 0.5) is 0 Å². The minimum absolute atomic E-state index is 0.559. The van der Waals surface area contributed by atoms with E-state index in [4.69, 9.17) is 0 Å². The van der Waals surface area contributed by atoms with Crippen molar-refractivity contribution in [2.75, 3.05) is 0 Å². The molecule has 8 rings (SSSR count). The molecule has 0 heterocycles. The Balaban J connectivity index is 1.32. The molecule has 6 aliphatic carbocycles. The summed E-state index contributed by atoms with van der Waals surface area (Å²) in [5, 5.41) is 0.